The van der Waals surface area contributed by atoms with Crippen molar-refractivity contribution >= 4 is 39.2 Å². The summed E-state index contributed by atoms with van der Waals surface area (Å²) in [6.07, 6.45) is 0. The van der Waals surface area contributed by atoms with Gasteiger partial charge in [-0.2, -0.15) is 5.10 Å². The highest BCUT2D eigenvalue weighted by Gasteiger charge is 2.08. The summed E-state index contributed by atoms with van der Waals surface area (Å²) in [5.41, 5.74) is 1.93. The van der Waals surface area contributed by atoms with E-state index in [9.17, 15) is 14.0 Å². The number of benzene rings is 2. The lowest BCUT2D eigenvalue weighted by atomic mass is 10.1. The molecule has 1 amide bonds. The zero-order chi connectivity index (χ0) is 20.9. The monoisotopic (exact) mass is 440 g/mol. The number of fused-ring (bicyclic) bond motifs is 1. The fourth-order valence-corrected chi connectivity index (χ4v) is 4.67. The molecule has 2 aromatic heterocycles. The number of aromatic nitrogens is 3. The molecule has 0 bridgehead atoms. The van der Waals surface area contributed by atoms with Gasteiger partial charge in [0, 0.05) is 18.2 Å². The fraction of sp³-hybridized carbons (Fsp3) is 0.143. The molecule has 2 aromatic carbocycles. The number of para-hydroxylation sites is 1. The molecule has 0 radical (unpaired) electrons. The van der Waals surface area contributed by atoms with Crippen LogP contribution in [0.3, 0.4) is 0 Å². The molecular formula is C21H17FN4O2S2. The summed E-state index contributed by atoms with van der Waals surface area (Å²) >= 11 is 2.94. The number of amides is 1. The van der Waals surface area contributed by atoms with Crippen LogP contribution in [0, 0.1) is 5.82 Å². The molecule has 0 aliphatic carbocycles. The van der Waals surface area contributed by atoms with Crippen molar-refractivity contribution < 1.29 is 9.18 Å². The Morgan fingerprint density at radius 1 is 1.10 bits per heavy atom. The minimum Gasteiger partial charge on any atom is -0.354 e. The second-order valence-corrected chi connectivity index (χ2v) is 8.63. The van der Waals surface area contributed by atoms with E-state index in [1.165, 1.54) is 34.6 Å². The lowest BCUT2D eigenvalue weighted by Crippen LogP contribution is -2.32. The van der Waals surface area contributed by atoms with Gasteiger partial charge in [0.2, 0.25) is 5.91 Å². The first kappa shape index (κ1) is 20.2. The van der Waals surface area contributed by atoms with Crippen molar-refractivity contribution in [1.82, 2.24) is 20.1 Å². The van der Waals surface area contributed by atoms with Gasteiger partial charge < -0.3 is 5.32 Å². The van der Waals surface area contributed by atoms with Crippen LogP contribution in [0.15, 0.2) is 69.8 Å². The summed E-state index contributed by atoms with van der Waals surface area (Å²) in [6, 6.07) is 16.7. The largest absolute Gasteiger partial charge is 0.354 e. The number of nitrogens with zero attached hydrogens (tertiary/aromatic N) is 3. The number of hydrogen-bond acceptors (Lipinski definition) is 6. The van der Waals surface area contributed by atoms with E-state index in [0.717, 1.165) is 14.6 Å². The number of thioether (sulfide) groups is 1. The average molecular weight is 441 g/mol. The normalized spacial score (nSPS) is 11.0. The minimum absolute atomic E-state index is 0.137. The van der Waals surface area contributed by atoms with Gasteiger partial charge in [-0.3, -0.25) is 9.59 Å². The molecule has 152 valence electrons. The third-order valence-corrected chi connectivity index (χ3v) is 6.43. The van der Waals surface area contributed by atoms with Gasteiger partial charge in [0.15, 0.2) is 4.34 Å². The van der Waals surface area contributed by atoms with Crippen molar-refractivity contribution in [2.45, 2.75) is 10.9 Å². The molecule has 0 saturated heterocycles. The summed E-state index contributed by atoms with van der Waals surface area (Å²) in [7, 11) is 0. The molecule has 0 fully saturated rings. The van der Waals surface area contributed by atoms with Crippen LogP contribution in [0.2, 0.25) is 0 Å². The second-order valence-electron chi connectivity index (χ2n) is 6.37. The maximum Gasteiger partial charge on any atom is 0.266 e. The van der Waals surface area contributed by atoms with E-state index in [0.29, 0.717) is 11.3 Å². The quantitative estimate of drug-likeness (QED) is 0.445. The maximum absolute atomic E-state index is 13.1. The van der Waals surface area contributed by atoms with E-state index in [2.05, 4.69) is 15.4 Å². The van der Waals surface area contributed by atoms with Crippen molar-refractivity contribution in [3.8, 4) is 11.3 Å². The van der Waals surface area contributed by atoms with Gasteiger partial charge in [-0.1, -0.05) is 23.9 Å². The number of rotatable bonds is 7. The number of thiazole rings is 1. The maximum atomic E-state index is 13.1. The van der Waals surface area contributed by atoms with Crippen molar-refractivity contribution in [2.75, 3.05) is 12.3 Å². The van der Waals surface area contributed by atoms with Crippen LogP contribution < -0.4 is 10.9 Å². The second kappa shape index (κ2) is 9.19. The number of carbonyl (C=O) groups is 1. The van der Waals surface area contributed by atoms with Crippen molar-refractivity contribution in [3.05, 3.63) is 76.8 Å². The molecule has 4 rings (SSSR count). The molecule has 0 aliphatic rings. The van der Waals surface area contributed by atoms with Crippen LogP contribution in [0.25, 0.3) is 21.5 Å². The molecule has 0 spiro atoms. The summed E-state index contributed by atoms with van der Waals surface area (Å²) < 4.78 is 16.3. The predicted octanol–water partition coefficient (Wildman–Crippen LogP) is 3.57. The molecule has 0 atom stereocenters. The SMILES string of the molecule is O=C(CSc1nc2ccccc2s1)NCCn1nc(-c2ccc(F)cc2)ccc1=O. The molecular weight excluding hydrogens is 423 g/mol. The van der Waals surface area contributed by atoms with E-state index < -0.39 is 0 Å². The van der Waals surface area contributed by atoms with Gasteiger partial charge in [-0.25, -0.2) is 14.1 Å². The summed E-state index contributed by atoms with van der Waals surface area (Å²) in [4.78, 5) is 28.7. The highest BCUT2D eigenvalue weighted by molar-refractivity contribution is 8.01. The minimum atomic E-state index is -0.335. The lowest BCUT2D eigenvalue weighted by Gasteiger charge is -2.08. The van der Waals surface area contributed by atoms with Crippen LogP contribution in [0.4, 0.5) is 4.39 Å². The Bertz CT molecular complexity index is 1200. The molecule has 2 heterocycles. The van der Waals surface area contributed by atoms with E-state index in [-0.39, 0.29) is 36.1 Å². The van der Waals surface area contributed by atoms with E-state index in [4.69, 9.17) is 0 Å². The average Bonchev–Trinajstić information content (AvgIpc) is 3.17. The van der Waals surface area contributed by atoms with Crippen LogP contribution in [0.1, 0.15) is 0 Å². The van der Waals surface area contributed by atoms with Gasteiger partial charge in [-0.05, 0) is 42.5 Å². The van der Waals surface area contributed by atoms with Gasteiger partial charge in [0.1, 0.15) is 5.82 Å². The third kappa shape index (κ3) is 4.92. The molecule has 0 saturated carbocycles. The van der Waals surface area contributed by atoms with E-state index in [1.807, 2.05) is 24.3 Å². The summed E-state index contributed by atoms with van der Waals surface area (Å²) in [5, 5.41) is 7.10. The number of halogens is 1. The third-order valence-electron chi connectivity index (χ3n) is 4.25. The van der Waals surface area contributed by atoms with E-state index >= 15 is 0 Å². The molecule has 0 unspecified atom stereocenters. The Morgan fingerprint density at radius 3 is 2.70 bits per heavy atom. The molecule has 6 nitrogen and oxygen atoms in total. The van der Waals surface area contributed by atoms with Crippen molar-refractivity contribution in [2.24, 2.45) is 0 Å². The Balaban J connectivity index is 1.31. The first-order chi connectivity index (χ1) is 14.6. The van der Waals surface area contributed by atoms with Gasteiger partial charge in [0.25, 0.3) is 5.56 Å². The van der Waals surface area contributed by atoms with Crippen molar-refractivity contribution in [3.63, 3.8) is 0 Å². The standard InChI is InChI=1S/C21H17FN4O2S2/c22-15-7-5-14(6-8-15)16-9-10-20(28)26(25-16)12-11-23-19(27)13-29-21-24-17-3-1-2-4-18(17)30-21/h1-10H,11-13H2,(H,23,27). The first-order valence-corrected chi connectivity index (χ1v) is 11.0. The Labute approximate surface area is 179 Å². The predicted molar refractivity (Wildman–Crippen MR) is 117 cm³/mol. The molecule has 1 N–H and O–H groups in total. The highest BCUT2D eigenvalue weighted by Crippen LogP contribution is 2.29. The van der Waals surface area contributed by atoms with Gasteiger partial charge in [0.05, 0.1) is 28.2 Å². The van der Waals surface area contributed by atoms with Crippen molar-refractivity contribution in [1.29, 1.82) is 0 Å². The first-order valence-electron chi connectivity index (χ1n) is 9.18. The molecule has 30 heavy (non-hydrogen) atoms. The zero-order valence-electron chi connectivity index (χ0n) is 15.7. The number of nitrogens with one attached hydrogen (secondary N) is 1. The van der Waals surface area contributed by atoms with Gasteiger partial charge in [-0.15, -0.1) is 11.3 Å². The molecule has 4 aromatic rings. The summed E-state index contributed by atoms with van der Waals surface area (Å²) in [5.74, 6) is -0.224. The molecule has 0 aliphatic heterocycles. The number of hydrogen-bond donors (Lipinski definition) is 1. The lowest BCUT2D eigenvalue weighted by molar-refractivity contribution is -0.118. The zero-order valence-corrected chi connectivity index (χ0v) is 17.4. The topological polar surface area (TPSA) is 76.9 Å². The van der Waals surface area contributed by atoms with Crippen LogP contribution in [-0.4, -0.2) is 33.0 Å². The van der Waals surface area contributed by atoms with Gasteiger partial charge >= 0.3 is 0 Å². The summed E-state index contributed by atoms with van der Waals surface area (Å²) in [6.45, 7) is 0.518. The number of carbonyl (C=O) groups excluding carboxylic acids is 1. The van der Waals surface area contributed by atoms with Crippen LogP contribution >= 0.6 is 23.1 Å². The Hall–Kier alpha value is -3.04. The highest BCUT2D eigenvalue weighted by atomic mass is 32.2. The Morgan fingerprint density at radius 2 is 1.90 bits per heavy atom. The van der Waals surface area contributed by atoms with Crippen LogP contribution in [0.5, 0.6) is 0 Å². The smallest absolute Gasteiger partial charge is 0.266 e. The van der Waals surface area contributed by atoms with E-state index in [1.54, 1.807) is 29.5 Å². The fourth-order valence-electron chi connectivity index (χ4n) is 2.78. The van der Waals surface area contributed by atoms with Crippen LogP contribution in [-0.2, 0) is 11.3 Å². The molecule has 9 heteroatoms. The Kier molecular flexibility index (Phi) is 6.20.